The van der Waals surface area contributed by atoms with Crippen molar-refractivity contribution in [1.29, 1.82) is 0 Å². The molecule has 0 bridgehead atoms. The molecule has 1 saturated heterocycles. The Balaban J connectivity index is 1.35. The Labute approximate surface area is 172 Å². The van der Waals surface area contributed by atoms with E-state index in [2.05, 4.69) is 15.0 Å². The van der Waals surface area contributed by atoms with Crippen LogP contribution in [-0.2, 0) is 6.54 Å². The summed E-state index contributed by atoms with van der Waals surface area (Å²) in [7, 11) is 0. The number of hydrogen-bond acceptors (Lipinski definition) is 5. The summed E-state index contributed by atoms with van der Waals surface area (Å²) in [5.74, 6) is 1.03. The maximum absolute atomic E-state index is 12.6. The van der Waals surface area contributed by atoms with Crippen LogP contribution in [0.15, 0.2) is 53.1 Å². The maximum atomic E-state index is 12.6. The van der Waals surface area contributed by atoms with Gasteiger partial charge in [0.2, 0.25) is 0 Å². The molecule has 2 aromatic carbocycles. The quantitative estimate of drug-likeness (QED) is 0.642. The van der Waals surface area contributed by atoms with Crippen molar-refractivity contribution in [2.24, 2.45) is 0 Å². The van der Waals surface area contributed by atoms with Crippen molar-refractivity contribution in [3.8, 4) is 11.5 Å². The normalized spacial score (nSPS) is 15.0. The van der Waals surface area contributed by atoms with Gasteiger partial charge in [0.1, 0.15) is 0 Å². The van der Waals surface area contributed by atoms with Crippen LogP contribution in [0.1, 0.15) is 16.2 Å². The standard InChI is InChI=1S/C20H18Cl2N4O2/c21-15-5-3-4-14(12-15)19-23-18(24-28-19)13-25-8-10-26(11-9-25)20(27)16-6-1-2-7-17(16)22/h1-7,12H,8-11,13H2. The second kappa shape index (κ2) is 8.31. The molecule has 0 radical (unpaired) electrons. The molecular weight excluding hydrogens is 399 g/mol. The van der Waals surface area contributed by atoms with Crippen molar-refractivity contribution in [3.63, 3.8) is 0 Å². The summed E-state index contributed by atoms with van der Waals surface area (Å²) in [5.41, 5.74) is 1.34. The van der Waals surface area contributed by atoms with Gasteiger partial charge < -0.3 is 9.42 Å². The molecule has 1 aliphatic heterocycles. The molecular formula is C20H18Cl2N4O2. The highest BCUT2D eigenvalue weighted by Gasteiger charge is 2.24. The van der Waals surface area contributed by atoms with Crippen LogP contribution in [0.25, 0.3) is 11.5 Å². The van der Waals surface area contributed by atoms with Crippen molar-refractivity contribution in [1.82, 2.24) is 19.9 Å². The minimum atomic E-state index is -0.0342. The zero-order valence-corrected chi connectivity index (χ0v) is 16.5. The molecule has 8 heteroatoms. The van der Waals surface area contributed by atoms with Gasteiger partial charge in [-0.2, -0.15) is 4.98 Å². The molecule has 144 valence electrons. The number of carbonyl (C=O) groups excluding carboxylic acids is 1. The van der Waals surface area contributed by atoms with Gasteiger partial charge in [0.15, 0.2) is 5.82 Å². The number of benzene rings is 2. The number of halogens is 2. The molecule has 1 amide bonds. The molecule has 1 aromatic heterocycles. The second-order valence-corrected chi connectivity index (χ2v) is 7.42. The number of rotatable bonds is 4. The lowest BCUT2D eigenvalue weighted by atomic mass is 10.2. The molecule has 28 heavy (non-hydrogen) atoms. The summed E-state index contributed by atoms with van der Waals surface area (Å²) in [5, 5.41) is 5.16. The van der Waals surface area contributed by atoms with Crippen molar-refractivity contribution in [2.75, 3.05) is 26.2 Å². The first kappa shape index (κ1) is 18.9. The van der Waals surface area contributed by atoms with Gasteiger partial charge in [0.05, 0.1) is 17.1 Å². The predicted molar refractivity (Wildman–Crippen MR) is 107 cm³/mol. The smallest absolute Gasteiger partial charge is 0.258 e. The summed E-state index contributed by atoms with van der Waals surface area (Å²) >= 11 is 12.2. The topological polar surface area (TPSA) is 62.5 Å². The maximum Gasteiger partial charge on any atom is 0.258 e. The van der Waals surface area contributed by atoms with E-state index in [4.69, 9.17) is 27.7 Å². The number of amides is 1. The van der Waals surface area contributed by atoms with E-state index in [1.165, 1.54) is 0 Å². The monoisotopic (exact) mass is 416 g/mol. The fourth-order valence-electron chi connectivity index (χ4n) is 3.17. The number of aromatic nitrogens is 2. The van der Waals surface area contributed by atoms with Gasteiger partial charge in [-0.3, -0.25) is 9.69 Å². The van der Waals surface area contributed by atoms with Gasteiger partial charge >= 0.3 is 0 Å². The average molecular weight is 417 g/mol. The van der Waals surface area contributed by atoms with Crippen LogP contribution in [0.2, 0.25) is 10.0 Å². The lowest BCUT2D eigenvalue weighted by Gasteiger charge is -2.34. The minimum Gasteiger partial charge on any atom is -0.336 e. The Morgan fingerprint density at radius 2 is 1.82 bits per heavy atom. The van der Waals surface area contributed by atoms with Crippen LogP contribution in [0.4, 0.5) is 0 Å². The molecule has 1 fully saturated rings. The molecule has 0 N–H and O–H groups in total. The van der Waals surface area contributed by atoms with E-state index in [-0.39, 0.29) is 5.91 Å². The van der Waals surface area contributed by atoms with E-state index < -0.39 is 0 Å². The third-order valence-electron chi connectivity index (χ3n) is 4.67. The summed E-state index contributed by atoms with van der Waals surface area (Å²) in [4.78, 5) is 21.1. The van der Waals surface area contributed by atoms with E-state index in [9.17, 15) is 4.79 Å². The minimum absolute atomic E-state index is 0.0342. The highest BCUT2D eigenvalue weighted by Crippen LogP contribution is 2.22. The zero-order chi connectivity index (χ0) is 19.5. The Bertz CT molecular complexity index is 984. The molecule has 2 heterocycles. The summed E-state index contributed by atoms with van der Waals surface area (Å²) in [6.45, 7) is 3.29. The number of hydrogen-bond donors (Lipinski definition) is 0. The van der Waals surface area contributed by atoms with Crippen molar-refractivity contribution < 1.29 is 9.32 Å². The van der Waals surface area contributed by atoms with Crippen molar-refractivity contribution >= 4 is 29.1 Å². The lowest BCUT2D eigenvalue weighted by Crippen LogP contribution is -2.48. The Morgan fingerprint density at radius 3 is 2.57 bits per heavy atom. The van der Waals surface area contributed by atoms with Crippen LogP contribution >= 0.6 is 23.2 Å². The van der Waals surface area contributed by atoms with Crippen LogP contribution in [0.3, 0.4) is 0 Å². The summed E-state index contributed by atoms with van der Waals surface area (Å²) in [6, 6.07) is 14.4. The lowest BCUT2D eigenvalue weighted by molar-refractivity contribution is 0.0624. The van der Waals surface area contributed by atoms with Gasteiger partial charge in [-0.25, -0.2) is 0 Å². The molecule has 0 saturated carbocycles. The number of carbonyl (C=O) groups is 1. The molecule has 0 unspecified atom stereocenters. The van der Waals surface area contributed by atoms with Crippen LogP contribution in [-0.4, -0.2) is 52.0 Å². The zero-order valence-electron chi connectivity index (χ0n) is 15.0. The van der Waals surface area contributed by atoms with E-state index in [1.54, 1.807) is 24.3 Å². The Kier molecular flexibility index (Phi) is 5.62. The van der Waals surface area contributed by atoms with Gasteiger partial charge in [0, 0.05) is 36.8 Å². The largest absolute Gasteiger partial charge is 0.336 e. The van der Waals surface area contributed by atoms with Crippen LogP contribution in [0.5, 0.6) is 0 Å². The first-order chi connectivity index (χ1) is 13.6. The predicted octanol–water partition coefficient (Wildman–Crippen LogP) is 4.00. The summed E-state index contributed by atoms with van der Waals surface area (Å²) in [6.07, 6.45) is 0. The first-order valence-electron chi connectivity index (χ1n) is 8.95. The van der Waals surface area contributed by atoms with Gasteiger partial charge in [0.25, 0.3) is 11.8 Å². The van der Waals surface area contributed by atoms with Gasteiger partial charge in [-0.1, -0.05) is 46.6 Å². The fraction of sp³-hybridized carbons (Fsp3) is 0.250. The third kappa shape index (κ3) is 4.19. The van der Waals surface area contributed by atoms with Crippen LogP contribution < -0.4 is 0 Å². The number of piperazine rings is 1. The fourth-order valence-corrected chi connectivity index (χ4v) is 3.58. The van der Waals surface area contributed by atoms with Crippen molar-refractivity contribution in [3.05, 3.63) is 70.0 Å². The second-order valence-electron chi connectivity index (χ2n) is 6.57. The summed E-state index contributed by atoms with van der Waals surface area (Å²) < 4.78 is 5.35. The Hall–Kier alpha value is -2.41. The molecule has 0 spiro atoms. The van der Waals surface area contributed by atoms with E-state index in [0.717, 1.165) is 18.7 Å². The third-order valence-corrected chi connectivity index (χ3v) is 5.23. The molecule has 3 aromatic rings. The van der Waals surface area contributed by atoms with Crippen molar-refractivity contribution in [2.45, 2.75) is 6.54 Å². The van der Waals surface area contributed by atoms with E-state index in [1.807, 2.05) is 29.2 Å². The number of nitrogens with zero attached hydrogens (tertiary/aromatic N) is 4. The van der Waals surface area contributed by atoms with Crippen LogP contribution in [0, 0.1) is 0 Å². The Morgan fingerprint density at radius 1 is 1.04 bits per heavy atom. The molecule has 4 rings (SSSR count). The first-order valence-corrected chi connectivity index (χ1v) is 9.70. The molecule has 1 aliphatic rings. The SMILES string of the molecule is O=C(c1ccccc1Cl)N1CCN(Cc2noc(-c3cccc(Cl)c3)n2)CC1. The highest BCUT2D eigenvalue weighted by molar-refractivity contribution is 6.33. The van der Waals surface area contributed by atoms with Gasteiger partial charge in [-0.05, 0) is 30.3 Å². The highest BCUT2D eigenvalue weighted by atomic mass is 35.5. The van der Waals surface area contributed by atoms with Gasteiger partial charge in [-0.15, -0.1) is 0 Å². The average Bonchev–Trinajstić information content (AvgIpc) is 3.17. The molecule has 6 nitrogen and oxygen atoms in total. The van der Waals surface area contributed by atoms with E-state index in [0.29, 0.717) is 47.0 Å². The van der Waals surface area contributed by atoms with E-state index >= 15 is 0 Å². The molecule has 0 aliphatic carbocycles. The molecule has 0 atom stereocenters.